The van der Waals surface area contributed by atoms with Crippen LogP contribution in [0.1, 0.15) is 16.8 Å². The summed E-state index contributed by atoms with van der Waals surface area (Å²) >= 11 is 0. The highest BCUT2D eigenvalue weighted by molar-refractivity contribution is 5.99. The summed E-state index contributed by atoms with van der Waals surface area (Å²) in [5.74, 6) is -1.11. The van der Waals surface area contributed by atoms with Crippen LogP contribution >= 0.6 is 0 Å². The minimum absolute atomic E-state index is 0.00638. The molecule has 1 aliphatic heterocycles. The van der Waals surface area contributed by atoms with E-state index in [-0.39, 0.29) is 23.9 Å². The summed E-state index contributed by atoms with van der Waals surface area (Å²) in [5.41, 5.74) is 0.795. The minimum Gasteiger partial charge on any atom is -0.347 e. The van der Waals surface area contributed by atoms with Crippen LogP contribution in [0.3, 0.4) is 0 Å². The van der Waals surface area contributed by atoms with E-state index >= 15 is 0 Å². The molecule has 1 fully saturated rings. The van der Waals surface area contributed by atoms with Gasteiger partial charge in [-0.05, 0) is 24.3 Å². The third-order valence-electron chi connectivity index (χ3n) is 3.65. The van der Waals surface area contributed by atoms with E-state index in [1.165, 1.54) is 18.2 Å². The van der Waals surface area contributed by atoms with Gasteiger partial charge >= 0.3 is 0 Å². The van der Waals surface area contributed by atoms with Crippen molar-refractivity contribution in [2.45, 2.75) is 12.5 Å². The van der Waals surface area contributed by atoms with E-state index in [0.29, 0.717) is 6.54 Å². The van der Waals surface area contributed by atoms with E-state index in [1.54, 1.807) is 11.0 Å². The number of hydrogen-bond donors (Lipinski definition) is 1. The first-order valence-electron chi connectivity index (χ1n) is 7.06. The molecular weight excluding hydrogens is 283 g/mol. The van der Waals surface area contributed by atoms with Crippen molar-refractivity contribution in [1.29, 1.82) is 0 Å². The van der Waals surface area contributed by atoms with Gasteiger partial charge in [0.1, 0.15) is 5.82 Å². The Hall–Kier alpha value is -2.69. The van der Waals surface area contributed by atoms with Crippen molar-refractivity contribution in [3.8, 4) is 0 Å². The zero-order valence-corrected chi connectivity index (χ0v) is 11.8. The Bertz CT molecular complexity index is 703. The number of benzene rings is 2. The molecule has 0 aliphatic carbocycles. The topological polar surface area (TPSA) is 49.4 Å². The molecule has 5 heteroatoms. The lowest BCUT2D eigenvalue weighted by Gasteiger charge is -2.17. The summed E-state index contributed by atoms with van der Waals surface area (Å²) in [6, 6.07) is 14.8. The largest absolute Gasteiger partial charge is 0.347 e. The van der Waals surface area contributed by atoms with Gasteiger partial charge in [-0.2, -0.15) is 0 Å². The molecule has 22 heavy (non-hydrogen) atoms. The van der Waals surface area contributed by atoms with Crippen LogP contribution in [0.5, 0.6) is 0 Å². The van der Waals surface area contributed by atoms with Crippen molar-refractivity contribution in [2.24, 2.45) is 0 Å². The van der Waals surface area contributed by atoms with Crippen molar-refractivity contribution in [3.05, 3.63) is 66.0 Å². The monoisotopic (exact) mass is 298 g/mol. The van der Waals surface area contributed by atoms with Gasteiger partial charge in [0.15, 0.2) is 0 Å². The van der Waals surface area contributed by atoms with Crippen molar-refractivity contribution < 1.29 is 14.0 Å². The lowest BCUT2D eigenvalue weighted by molar-refractivity contribution is -0.117. The maximum atomic E-state index is 13.6. The van der Waals surface area contributed by atoms with Gasteiger partial charge in [-0.15, -0.1) is 0 Å². The highest BCUT2D eigenvalue weighted by atomic mass is 19.1. The maximum Gasteiger partial charge on any atom is 0.254 e. The highest BCUT2D eigenvalue weighted by Crippen LogP contribution is 2.21. The lowest BCUT2D eigenvalue weighted by atomic mass is 10.1. The first kappa shape index (κ1) is 14.3. The molecule has 2 aromatic carbocycles. The second kappa shape index (κ2) is 5.97. The van der Waals surface area contributed by atoms with Crippen LogP contribution in [0.15, 0.2) is 54.6 Å². The number of para-hydroxylation sites is 1. The lowest BCUT2D eigenvalue weighted by Crippen LogP contribution is -2.37. The number of carbonyl (C=O) groups is 2. The number of halogens is 1. The number of anilines is 1. The van der Waals surface area contributed by atoms with Crippen LogP contribution in [0.2, 0.25) is 0 Å². The fraction of sp³-hybridized carbons (Fsp3) is 0.176. The molecule has 0 unspecified atom stereocenters. The Balaban J connectivity index is 1.69. The molecule has 0 saturated carbocycles. The van der Waals surface area contributed by atoms with Gasteiger partial charge in [0, 0.05) is 18.7 Å². The third kappa shape index (κ3) is 2.83. The Labute approximate surface area is 127 Å². The predicted octanol–water partition coefficient (Wildman–Crippen LogP) is 2.36. The van der Waals surface area contributed by atoms with Crippen molar-refractivity contribution in [3.63, 3.8) is 0 Å². The molecular formula is C17H15FN2O2. The third-order valence-corrected chi connectivity index (χ3v) is 3.65. The van der Waals surface area contributed by atoms with Gasteiger partial charge in [0.2, 0.25) is 5.91 Å². The molecule has 112 valence electrons. The molecule has 0 aromatic heterocycles. The van der Waals surface area contributed by atoms with Gasteiger partial charge < -0.3 is 10.2 Å². The Morgan fingerprint density at radius 2 is 1.77 bits per heavy atom. The molecule has 1 heterocycles. The quantitative estimate of drug-likeness (QED) is 0.945. The average Bonchev–Trinajstić information content (AvgIpc) is 2.89. The first-order valence-corrected chi connectivity index (χ1v) is 7.06. The molecule has 2 aromatic rings. The van der Waals surface area contributed by atoms with Crippen LogP contribution in [0, 0.1) is 5.82 Å². The van der Waals surface area contributed by atoms with E-state index in [0.717, 1.165) is 5.69 Å². The number of amides is 2. The Morgan fingerprint density at radius 1 is 1.09 bits per heavy atom. The predicted molar refractivity (Wildman–Crippen MR) is 81.1 cm³/mol. The van der Waals surface area contributed by atoms with Crippen LogP contribution in [-0.4, -0.2) is 24.4 Å². The maximum absolute atomic E-state index is 13.6. The second-order valence-electron chi connectivity index (χ2n) is 5.19. The highest BCUT2D eigenvalue weighted by Gasteiger charge is 2.31. The van der Waals surface area contributed by atoms with Gasteiger partial charge in [-0.1, -0.05) is 30.3 Å². The Kier molecular flexibility index (Phi) is 3.87. The molecule has 0 bridgehead atoms. The molecule has 1 saturated heterocycles. The van der Waals surface area contributed by atoms with Crippen LogP contribution in [0.25, 0.3) is 0 Å². The summed E-state index contributed by atoms with van der Waals surface area (Å²) in [6.45, 7) is 0.392. The van der Waals surface area contributed by atoms with Crippen LogP contribution in [0.4, 0.5) is 10.1 Å². The van der Waals surface area contributed by atoms with Gasteiger partial charge in [-0.3, -0.25) is 9.59 Å². The van der Waals surface area contributed by atoms with Crippen LogP contribution < -0.4 is 10.2 Å². The van der Waals surface area contributed by atoms with Gasteiger partial charge in [0.05, 0.1) is 11.6 Å². The normalized spacial score (nSPS) is 17.6. The van der Waals surface area contributed by atoms with E-state index in [4.69, 9.17) is 0 Å². The second-order valence-corrected chi connectivity index (χ2v) is 5.19. The summed E-state index contributed by atoms with van der Waals surface area (Å²) < 4.78 is 13.6. The van der Waals surface area contributed by atoms with E-state index in [1.807, 2.05) is 30.3 Å². The zero-order valence-electron chi connectivity index (χ0n) is 11.8. The Morgan fingerprint density at radius 3 is 2.50 bits per heavy atom. The smallest absolute Gasteiger partial charge is 0.254 e. The molecule has 1 N–H and O–H groups in total. The van der Waals surface area contributed by atoms with Crippen molar-refractivity contribution in [1.82, 2.24) is 5.32 Å². The van der Waals surface area contributed by atoms with E-state index < -0.39 is 11.7 Å². The summed E-state index contributed by atoms with van der Waals surface area (Å²) in [7, 11) is 0. The SMILES string of the molecule is O=C(N[C@H]1CC(=O)N(c2ccccc2)C1)c1ccccc1F. The number of carbonyl (C=O) groups excluding carboxylic acids is 2. The molecule has 3 rings (SSSR count). The number of hydrogen-bond acceptors (Lipinski definition) is 2. The zero-order chi connectivity index (χ0) is 15.5. The summed E-state index contributed by atoms with van der Waals surface area (Å²) in [4.78, 5) is 25.8. The van der Waals surface area contributed by atoms with Crippen molar-refractivity contribution >= 4 is 17.5 Å². The molecule has 0 spiro atoms. The van der Waals surface area contributed by atoms with Crippen molar-refractivity contribution in [2.75, 3.05) is 11.4 Å². The molecule has 1 aliphatic rings. The number of nitrogens with zero attached hydrogens (tertiary/aromatic N) is 1. The summed E-state index contributed by atoms with van der Waals surface area (Å²) in [5, 5.41) is 2.72. The van der Waals surface area contributed by atoms with E-state index in [9.17, 15) is 14.0 Å². The molecule has 4 nitrogen and oxygen atoms in total. The molecule has 2 amide bonds. The minimum atomic E-state index is -0.566. The van der Waals surface area contributed by atoms with Gasteiger partial charge in [0.25, 0.3) is 5.91 Å². The summed E-state index contributed by atoms with van der Waals surface area (Å²) in [6.07, 6.45) is 0.217. The van der Waals surface area contributed by atoms with Gasteiger partial charge in [-0.25, -0.2) is 4.39 Å². The van der Waals surface area contributed by atoms with Crippen LogP contribution in [-0.2, 0) is 4.79 Å². The number of nitrogens with one attached hydrogen (secondary N) is 1. The molecule has 0 radical (unpaired) electrons. The first-order chi connectivity index (χ1) is 10.6. The number of rotatable bonds is 3. The molecule has 1 atom stereocenters. The fourth-order valence-electron chi connectivity index (χ4n) is 2.57. The fourth-order valence-corrected chi connectivity index (χ4v) is 2.57. The standard InChI is InChI=1S/C17H15FN2O2/c18-15-9-5-4-8-14(15)17(22)19-12-10-16(21)20(11-12)13-6-2-1-3-7-13/h1-9,12H,10-11H2,(H,19,22)/t12-/m0/s1. The average molecular weight is 298 g/mol. The van der Waals surface area contributed by atoms with E-state index in [2.05, 4.69) is 5.32 Å².